The van der Waals surface area contributed by atoms with Gasteiger partial charge in [0, 0.05) is 45.8 Å². The standard InChI is InChI=1S/C20H28N4O4/c1-2-23-8-9-24(20(27)19(23)26)15-18(25)21-12-17-14-22(10-11-28-17)13-16-6-4-3-5-7-16/h3-7,17H,2,8-15H2,1H3,(H,21,25). The Labute approximate surface area is 165 Å². The molecule has 8 heteroatoms. The normalized spacial score (nSPS) is 21.1. The van der Waals surface area contributed by atoms with E-state index in [4.69, 9.17) is 4.74 Å². The average molecular weight is 388 g/mol. The predicted molar refractivity (Wildman–Crippen MR) is 103 cm³/mol. The van der Waals surface area contributed by atoms with Crippen molar-refractivity contribution >= 4 is 17.7 Å². The Kier molecular flexibility index (Phi) is 7.00. The summed E-state index contributed by atoms with van der Waals surface area (Å²) >= 11 is 0. The molecule has 0 saturated carbocycles. The van der Waals surface area contributed by atoms with Gasteiger partial charge in [-0.15, -0.1) is 0 Å². The second-order valence-electron chi connectivity index (χ2n) is 7.13. The molecule has 0 radical (unpaired) electrons. The Morgan fingerprint density at radius 1 is 1.11 bits per heavy atom. The monoisotopic (exact) mass is 388 g/mol. The Morgan fingerprint density at radius 2 is 1.82 bits per heavy atom. The summed E-state index contributed by atoms with van der Waals surface area (Å²) in [5.41, 5.74) is 1.25. The van der Waals surface area contributed by atoms with Crippen LogP contribution in [0.15, 0.2) is 30.3 Å². The molecule has 2 fully saturated rings. The number of rotatable bonds is 7. The van der Waals surface area contributed by atoms with E-state index in [1.807, 2.05) is 25.1 Å². The highest BCUT2D eigenvalue weighted by Gasteiger charge is 2.32. The van der Waals surface area contributed by atoms with Gasteiger partial charge in [-0.05, 0) is 12.5 Å². The van der Waals surface area contributed by atoms with Crippen molar-refractivity contribution in [2.24, 2.45) is 0 Å². The molecule has 3 amide bonds. The van der Waals surface area contributed by atoms with E-state index in [9.17, 15) is 14.4 Å². The molecular weight excluding hydrogens is 360 g/mol. The van der Waals surface area contributed by atoms with Crippen molar-refractivity contribution in [3.8, 4) is 0 Å². The number of carbonyl (C=O) groups is 3. The third-order valence-electron chi connectivity index (χ3n) is 5.11. The Hall–Kier alpha value is -2.45. The molecular formula is C20H28N4O4. The van der Waals surface area contributed by atoms with E-state index >= 15 is 0 Å². The first-order valence-corrected chi connectivity index (χ1v) is 9.79. The van der Waals surface area contributed by atoms with E-state index in [-0.39, 0.29) is 18.6 Å². The molecule has 28 heavy (non-hydrogen) atoms. The molecule has 2 saturated heterocycles. The maximum absolute atomic E-state index is 12.2. The van der Waals surface area contributed by atoms with Crippen molar-refractivity contribution in [2.45, 2.75) is 19.6 Å². The van der Waals surface area contributed by atoms with Crippen molar-refractivity contribution in [3.05, 3.63) is 35.9 Å². The first-order chi connectivity index (χ1) is 13.6. The lowest BCUT2D eigenvalue weighted by atomic mass is 10.2. The summed E-state index contributed by atoms with van der Waals surface area (Å²) in [6, 6.07) is 10.3. The van der Waals surface area contributed by atoms with Gasteiger partial charge in [0.2, 0.25) is 5.91 Å². The van der Waals surface area contributed by atoms with Gasteiger partial charge in [-0.2, -0.15) is 0 Å². The fourth-order valence-electron chi connectivity index (χ4n) is 3.51. The third kappa shape index (κ3) is 5.30. The summed E-state index contributed by atoms with van der Waals surface area (Å²) in [6.07, 6.45) is -0.0873. The highest BCUT2D eigenvalue weighted by Crippen LogP contribution is 2.10. The van der Waals surface area contributed by atoms with Crippen molar-refractivity contribution in [1.82, 2.24) is 20.0 Å². The minimum absolute atomic E-state index is 0.0873. The smallest absolute Gasteiger partial charge is 0.312 e. The molecule has 2 heterocycles. The van der Waals surface area contributed by atoms with E-state index in [1.165, 1.54) is 15.4 Å². The van der Waals surface area contributed by atoms with Gasteiger partial charge in [-0.25, -0.2) is 0 Å². The number of carbonyl (C=O) groups excluding carboxylic acids is 3. The van der Waals surface area contributed by atoms with Crippen LogP contribution in [0.5, 0.6) is 0 Å². The molecule has 3 rings (SSSR count). The van der Waals surface area contributed by atoms with Crippen molar-refractivity contribution in [3.63, 3.8) is 0 Å². The molecule has 1 unspecified atom stereocenters. The lowest BCUT2D eigenvalue weighted by molar-refractivity contribution is -0.156. The van der Waals surface area contributed by atoms with Crippen LogP contribution >= 0.6 is 0 Å². The molecule has 0 bridgehead atoms. The summed E-state index contributed by atoms with van der Waals surface area (Å²) in [5, 5.41) is 2.84. The lowest BCUT2D eigenvalue weighted by Crippen LogP contribution is -2.56. The van der Waals surface area contributed by atoms with Crippen LogP contribution in [0.3, 0.4) is 0 Å². The number of likely N-dealkylation sites (N-methyl/N-ethyl adjacent to an activating group) is 1. The zero-order valence-electron chi connectivity index (χ0n) is 16.3. The predicted octanol–water partition coefficient (Wildman–Crippen LogP) is -0.306. The second-order valence-corrected chi connectivity index (χ2v) is 7.13. The minimum Gasteiger partial charge on any atom is -0.374 e. The maximum atomic E-state index is 12.2. The fourth-order valence-corrected chi connectivity index (χ4v) is 3.51. The van der Waals surface area contributed by atoms with Crippen molar-refractivity contribution in [1.29, 1.82) is 0 Å². The van der Waals surface area contributed by atoms with Gasteiger partial charge in [0.15, 0.2) is 0 Å². The molecule has 0 aromatic heterocycles. The number of piperazine rings is 1. The number of amides is 3. The molecule has 1 atom stereocenters. The highest BCUT2D eigenvalue weighted by molar-refractivity contribution is 6.35. The third-order valence-corrected chi connectivity index (χ3v) is 5.11. The zero-order chi connectivity index (χ0) is 19.9. The van der Waals surface area contributed by atoms with Gasteiger partial charge in [-0.3, -0.25) is 19.3 Å². The van der Waals surface area contributed by atoms with Gasteiger partial charge in [0.05, 0.1) is 12.7 Å². The topological polar surface area (TPSA) is 82.2 Å². The number of hydrogen-bond acceptors (Lipinski definition) is 5. The Morgan fingerprint density at radius 3 is 2.57 bits per heavy atom. The van der Waals surface area contributed by atoms with Crippen LogP contribution < -0.4 is 5.32 Å². The molecule has 1 aromatic rings. The van der Waals surface area contributed by atoms with Crippen LogP contribution in [-0.4, -0.2) is 90.9 Å². The van der Waals surface area contributed by atoms with Crippen molar-refractivity contribution < 1.29 is 19.1 Å². The molecule has 1 N–H and O–H groups in total. The summed E-state index contributed by atoms with van der Waals surface area (Å²) < 4.78 is 5.76. The van der Waals surface area contributed by atoms with Crippen LogP contribution in [0, 0.1) is 0 Å². The fraction of sp³-hybridized carbons (Fsp3) is 0.550. The van der Waals surface area contributed by atoms with E-state index in [2.05, 4.69) is 22.3 Å². The lowest BCUT2D eigenvalue weighted by Gasteiger charge is -2.34. The van der Waals surface area contributed by atoms with Gasteiger partial charge in [0.25, 0.3) is 0 Å². The van der Waals surface area contributed by atoms with Crippen molar-refractivity contribution in [2.75, 3.05) is 52.4 Å². The first-order valence-electron chi connectivity index (χ1n) is 9.79. The van der Waals surface area contributed by atoms with Crippen LogP contribution in [0.1, 0.15) is 12.5 Å². The van der Waals surface area contributed by atoms with E-state index in [0.717, 1.165) is 19.6 Å². The summed E-state index contributed by atoms with van der Waals surface area (Å²) in [4.78, 5) is 41.3. The number of benzene rings is 1. The zero-order valence-corrected chi connectivity index (χ0v) is 16.3. The van der Waals surface area contributed by atoms with Crippen LogP contribution in [0.25, 0.3) is 0 Å². The molecule has 2 aliphatic heterocycles. The highest BCUT2D eigenvalue weighted by atomic mass is 16.5. The van der Waals surface area contributed by atoms with E-state index in [0.29, 0.717) is 32.8 Å². The minimum atomic E-state index is -0.605. The Balaban J connectivity index is 1.41. The van der Waals surface area contributed by atoms with Gasteiger partial charge in [-0.1, -0.05) is 30.3 Å². The summed E-state index contributed by atoms with van der Waals surface area (Å²) in [5.74, 6) is -1.41. The quantitative estimate of drug-likeness (QED) is 0.649. The van der Waals surface area contributed by atoms with Crippen LogP contribution in [-0.2, 0) is 25.7 Å². The Bertz CT molecular complexity index is 697. The average Bonchev–Trinajstić information content (AvgIpc) is 2.71. The number of nitrogens with zero attached hydrogens (tertiary/aromatic N) is 3. The maximum Gasteiger partial charge on any atom is 0.312 e. The number of ether oxygens (including phenoxy) is 1. The molecule has 152 valence electrons. The molecule has 0 spiro atoms. The summed E-state index contributed by atoms with van der Waals surface area (Å²) in [7, 11) is 0. The van der Waals surface area contributed by atoms with Crippen LogP contribution in [0.2, 0.25) is 0 Å². The molecule has 1 aromatic carbocycles. The second kappa shape index (κ2) is 9.66. The van der Waals surface area contributed by atoms with E-state index < -0.39 is 11.8 Å². The van der Waals surface area contributed by atoms with Crippen LogP contribution in [0.4, 0.5) is 0 Å². The van der Waals surface area contributed by atoms with Gasteiger partial charge < -0.3 is 19.9 Å². The SMILES string of the molecule is CCN1CCN(CC(=O)NCC2CN(Cc3ccccc3)CCO2)C(=O)C1=O. The molecule has 2 aliphatic rings. The van der Waals surface area contributed by atoms with Gasteiger partial charge >= 0.3 is 11.8 Å². The molecule has 8 nitrogen and oxygen atoms in total. The first kappa shape index (κ1) is 20.3. The van der Waals surface area contributed by atoms with Gasteiger partial charge in [0.1, 0.15) is 6.54 Å². The molecule has 0 aliphatic carbocycles. The number of morpholine rings is 1. The number of hydrogen-bond donors (Lipinski definition) is 1. The largest absolute Gasteiger partial charge is 0.374 e. The van der Waals surface area contributed by atoms with E-state index in [1.54, 1.807) is 0 Å². The number of nitrogens with one attached hydrogen (secondary N) is 1. The summed E-state index contributed by atoms with van der Waals surface area (Å²) in [6.45, 7) is 6.56.